The molecule has 0 radical (unpaired) electrons. The molecule has 3 aromatic carbocycles. The van der Waals surface area contributed by atoms with Gasteiger partial charge in [-0.05, 0) is 54.1 Å². The van der Waals surface area contributed by atoms with E-state index in [0.717, 1.165) is 24.6 Å². The van der Waals surface area contributed by atoms with Crippen LogP contribution in [0.5, 0.6) is 0 Å². The molecule has 0 N–H and O–H groups in total. The lowest BCUT2D eigenvalue weighted by atomic mass is 10.0. The molecule has 0 saturated heterocycles. The Labute approximate surface area is 141 Å². The molecule has 0 aliphatic carbocycles. The van der Waals surface area contributed by atoms with Crippen LogP contribution in [0.3, 0.4) is 0 Å². The first-order valence-corrected chi connectivity index (χ1v) is 8.16. The van der Waals surface area contributed by atoms with Crippen LogP contribution in [0, 0.1) is 23.5 Å². The van der Waals surface area contributed by atoms with E-state index in [4.69, 9.17) is 0 Å². The average molecular weight is 320 g/mol. The number of benzene rings is 3. The summed E-state index contributed by atoms with van der Waals surface area (Å²) in [6.07, 6.45) is 3.29. The molecule has 24 heavy (non-hydrogen) atoms. The molecule has 0 unspecified atom stereocenters. The van der Waals surface area contributed by atoms with Crippen LogP contribution < -0.4 is 0 Å². The molecule has 0 aliphatic heterocycles. The van der Waals surface area contributed by atoms with E-state index in [1.165, 1.54) is 17.7 Å². The zero-order chi connectivity index (χ0) is 16.9. The van der Waals surface area contributed by atoms with Crippen LogP contribution in [-0.2, 0) is 6.42 Å². The van der Waals surface area contributed by atoms with E-state index in [2.05, 4.69) is 18.8 Å². The van der Waals surface area contributed by atoms with Gasteiger partial charge in [0.15, 0.2) is 0 Å². The molecule has 120 valence electrons. The minimum atomic E-state index is -0.309. The molecular weight excluding hydrogens is 302 g/mol. The van der Waals surface area contributed by atoms with Crippen molar-refractivity contribution in [2.24, 2.45) is 0 Å². The minimum Gasteiger partial charge on any atom is -0.207 e. The maximum atomic E-state index is 14.7. The molecule has 0 bridgehead atoms. The largest absolute Gasteiger partial charge is 0.207 e. The third-order valence-electron chi connectivity index (χ3n) is 4.02. The van der Waals surface area contributed by atoms with Crippen molar-refractivity contribution < 1.29 is 8.78 Å². The predicted octanol–water partition coefficient (Wildman–Crippen LogP) is 5.86. The highest BCUT2D eigenvalue weighted by Crippen LogP contribution is 2.23. The fourth-order valence-electron chi connectivity index (χ4n) is 2.65. The topological polar surface area (TPSA) is 0 Å². The number of rotatable bonds is 3. The Morgan fingerprint density at radius 1 is 0.875 bits per heavy atom. The summed E-state index contributed by atoms with van der Waals surface area (Å²) in [5.41, 5.74) is 2.24. The number of fused-ring (bicyclic) bond motifs is 1. The van der Waals surface area contributed by atoms with Crippen LogP contribution in [0.15, 0.2) is 54.6 Å². The molecule has 0 nitrogen and oxygen atoms in total. The van der Waals surface area contributed by atoms with Gasteiger partial charge in [0.2, 0.25) is 0 Å². The van der Waals surface area contributed by atoms with Gasteiger partial charge in [-0.15, -0.1) is 0 Å². The van der Waals surface area contributed by atoms with Gasteiger partial charge < -0.3 is 0 Å². The molecule has 3 aromatic rings. The Hall–Kier alpha value is -2.66. The minimum absolute atomic E-state index is 0.302. The van der Waals surface area contributed by atoms with Crippen molar-refractivity contribution in [2.45, 2.75) is 26.2 Å². The van der Waals surface area contributed by atoms with E-state index >= 15 is 0 Å². The number of unbranched alkanes of at least 4 members (excludes halogenated alkanes) is 1. The zero-order valence-corrected chi connectivity index (χ0v) is 13.6. The predicted molar refractivity (Wildman–Crippen MR) is 94.9 cm³/mol. The smallest absolute Gasteiger partial charge is 0.146 e. The van der Waals surface area contributed by atoms with E-state index in [1.54, 1.807) is 18.2 Å². The molecule has 0 amide bonds. The van der Waals surface area contributed by atoms with Gasteiger partial charge in [-0.1, -0.05) is 49.5 Å². The van der Waals surface area contributed by atoms with Crippen molar-refractivity contribution in [1.82, 2.24) is 0 Å². The first kappa shape index (κ1) is 16.2. The van der Waals surface area contributed by atoms with Gasteiger partial charge in [-0.25, -0.2) is 8.78 Å². The van der Waals surface area contributed by atoms with Gasteiger partial charge in [0, 0.05) is 10.9 Å². The van der Waals surface area contributed by atoms with Crippen LogP contribution in [0.4, 0.5) is 8.78 Å². The fraction of sp³-hybridized carbons (Fsp3) is 0.182. The molecule has 0 aliphatic rings. The quantitative estimate of drug-likeness (QED) is 0.530. The highest BCUT2D eigenvalue weighted by Gasteiger charge is 2.06. The van der Waals surface area contributed by atoms with Crippen LogP contribution >= 0.6 is 0 Å². The second-order valence-electron chi connectivity index (χ2n) is 5.84. The lowest BCUT2D eigenvalue weighted by Crippen LogP contribution is -1.90. The number of hydrogen-bond acceptors (Lipinski definition) is 0. The van der Waals surface area contributed by atoms with Gasteiger partial charge in [0.25, 0.3) is 0 Å². The molecule has 0 atom stereocenters. The first-order valence-electron chi connectivity index (χ1n) is 8.16. The van der Waals surface area contributed by atoms with E-state index in [-0.39, 0.29) is 11.6 Å². The van der Waals surface area contributed by atoms with Crippen LogP contribution in [0.2, 0.25) is 0 Å². The lowest BCUT2D eigenvalue weighted by Gasteiger charge is -2.05. The molecule has 3 rings (SSSR count). The Kier molecular flexibility index (Phi) is 4.91. The van der Waals surface area contributed by atoms with Crippen LogP contribution in [-0.4, -0.2) is 0 Å². The van der Waals surface area contributed by atoms with E-state index in [1.807, 2.05) is 24.3 Å². The van der Waals surface area contributed by atoms with Crippen molar-refractivity contribution in [1.29, 1.82) is 0 Å². The summed E-state index contributed by atoms with van der Waals surface area (Å²) >= 11 is 0. The summed E-state index contributed by atoms with van der Waals surface area (Å²) in [6.45, 7) is 2.16. The van der Waals surface area contributed by atoms with Crippen molar-refractivity contribution in [3.05, 3.63) is 82.9 Å². The highest BCUT2D eigenvalue weighted by atomic mass is 19.1. The SMILES string of the molecule is CCCCc1ccc2c(F)c(C#Cc3ccc(F)cc3)ccc2c1. The average Bonchev–Trinajstić information content (AvgIpc) is 2.61. The Morgan fingerprint density at radius 2 is 1.67 bits per heavy atom. The molecule has 0 heterocycles. The van der Waals surface area contributed by atoms with Crippen molar-refractivity contribution in [3.63, 3.8) is 0 Å². The Morgan fingerprint density at radius 3 is 2.42 bits per heavy atom. The maximum Gasteiger partial charge on any atom is 0.146 e. The zero-order valence-electron chi connectivity index (χ0n) is 13.6. The summed E-state index contributed by atoms with van der Waals surface area (Å²) in [5, 5.41) is 1.48. The molecule has 0 aromatic heterocycles. The molecule has 0 fully saturated rings. The Bertz CT molecular complexity index is 912. The van der Waals surface area contributed by atoms with Gasteiger partial charge in [-0.3, -0.25) is 0 Å². The van der Waals surface area contributed by atoms with Crippen molar-refractivity contribution in [2.75, 3.05) is 0 Å². The fourth-order valence-corrected chi connectivity index (χ4v) is 2.65. The third kappa shape index (κ3) is 3.63. The Balaban J connectivity index is 1.93. The lowest BCUT2D eigenvalue weighted by molar-refractivity contribution is 0.627. The van der Waals surface area contributed by atoms with Gasteiger partial charge in [-0.2, -0.15) is 0 Å². The summed E-state index contributed by atoms with van der Waals surface area (Å²) in [4.78, 5) is 0. The summed E-state index contributed by atoms with van der Waals surface area (Å²) in [5.74, 6) is 5.11. The molecular formula is C22H18F2. The standard InChI is InChI=1S/C22H18F2/c1-2-3-4-17-8-14-21-19(15-17)11-10-18(22(21)24)9-5-16-6-12-20(23)13-7-16/h6-8,10-15H,2-4H2,1H3. The number of halogens is 2. The summed E-state index contributed by atoms with van der Waals surface area (Å²) in [6, 6.07) is 15.3. The number of hydrogen-bond donors (Lipinski definition) is 0. The molecule has 2 heteroatoms. The van der Waals surface area contributed by atoms with Gasteiger partial charge in [0.1, 0.15) is 11.6 Å². The van der Waals surface area contributed by atoms with Gasteiger partial charge >= 0.3 is 0 Å². The van der Waals surface area contributed by atoms with E-state index in [9.17, 15) is 8.78 Å². The molecule has 0 spiro atoms. The highest BCUT2D eigenvalue weighted by molar-refractivity contribution is 5.85. The van der Waals surface area contributed by atoms with E-state index < -0.39 is 0 Å². The second-order valence-corrected chi connectivity index (χ2v) is 5.84. The maximum absolute atomic E-state index is 14.7. The normalized spacial score (nSPS) is 10.5. The number of aryl methyl sites for hydroxylation is 1. The summed E-state index contributed by atoms with van der Waals surface area (Å²) in [7, 11) is 0. The van der Waals surface area contributed by atoms with Crippen molar-refractivity contribution in [3.8, 4) is 11.8 Å². The third-order valence-corrected chi connectivity index (χ3v) is 4.02. The first-order chi connectivity index (χ1) is 11.7. The van der Waals surface area contributed by atoms with E-state index in [0.29, 0.717) is 16.5 Å². The second kappa shape index (κ2) is 7.27. The molecule has 0 saturated carbocycles. The van der Waals surface area contributed by atoms with Crippen LogP contribution in [0.1, 0.15) is 36.5 Å². The van der Waals surface area contributed by atoms with Gasteiger partial charge in [0.05, 0.1) is 5.56 Å². The monoisotopic (exact) mass is 320 g/mol. The summed E-state index contributed by atoms with van der Waals surface area (Å²) < 4.78 is 27.5. The van der Waals surface area contributed by atoms with Crippen LogP contribution in [0.25, 0.3) is 10.8 Å². The van der Waals surface area contributed by atoms with Crippen molar-refractivity contribution >= 4 is 10.8 Å².